The van der Waals surface area contributed by atoms with E-state index < -0.39 is 41.4 Å². The number of alkyl halides is 6. The number of amides is 1. The van der Waals surface area contributed by atoms with Gasteiger partial charge in [-0.05, 0) is 49.1 Å². The van der Waals surface area contributed by atoms with Crippen LogP contribution >= 0.6 is 0 Å². The Bertz CT molecular complexity index is 1310. The summed E-state index contributed by atoms with van der Waals surface area (Å²) >= 11 is 0. The summed E-state index contributed by atoms with van der Waals surface area (Å²) in [6, 6.07) is 16.8. The second-order valence-corrected chi connectivity index (χ2v) is 9.41. The molecule has 11 heteroatoms. The van der Waals surface area contributed by atoms with E-state index in [-0.39, 0.29) is 42.1 Å². The van der Waals surface area contributed by atoms with Gasteiger partial charge in [0.2, 0.25) is 5.91 Å². The summed E-state index contributed by atoms with van der Waals surface area (Å²) in [6.07, 6.45) is -12.7. The Labute approximate surface area is 220 Å². The SMILES string of the molecule is CC(C(=O)N1CC(Oc2cccc(O)c2)CCc2cc(C(O)(C(F)(F)F)C(F)(F)F)ccc21)c1ccccc1. The van der Waals surface area contributed by atoms with Crippen LogP contribution in [0.25, 0.3) is 0 Å². The molecule has 3 aromatic rings. The predicted octanol–water partition coefficient (Wildman–Crippen LogP) is 6.23. The first-order chi connectivity index (χ1) is 18.2. The molecular weight excluding hydrogens is 528 g/mol. The van der Waals surface area contributed by atoms with E-state index in [1.165, 1.54) is 23.1 Å². The Kier molecular flexibility index (Phi) is 7.57. The molecule has 1 amide bonds. The van der Waals surface area contributed by atoms with Crippen molar-refractivity contribution in [3.63, 3.8) is 0 Å². The van der Waals surface area contributed by atoms with Crippen LogP contribution in [0.15, 0.2) is 72.8 Å². The van der Waals surface area contributed by atoms with Gasteiger partial charge in [0.1, 0.15) is 17.6 Å². The zero-order valence-corrected chi connectivity index (χ0v) is 20.6. The van der Waals surface area contributed by atoms with Crippen molar-refractivity contribution in [1.29, 1.82) is 0 Å². The average Bonchev–Trinajstić information content (AvgIpc) is 3.05. The molecule has 1 aliphatic rings. The molecule has 1 heterocycles. The van der Waals surface area contributed by atoms with Gasteiger partial charge in [-0.2, -0.15) is 26.3 Å². The minimum atomic E-state index is -6.04. The molecule has 0 aromatic heterocycles. The lowest BCUT2D eigenvalue weighted by Crippen LogP contribution is -2.54. The van der Waals surface area contributed by atoms with E-state index in [1.54, 1.807) is 43.3 Å². The van der Waals surface area contributed by atoms with Gasteiger partial charge in [-0.3, -0.25) is 4.79 Å². The van der Waals surface area contributed by atoms with Crippen molar-refractivity contribution in [3.05, 3.63) is 89.5 Å². The maximum absolute atomic E-state index is 13.7. The summed E-state index contributed by atoms with van der Waals surface area (Å²) in [7, 11) is 0. The molecule has 0 spiro atoms. The van der Waals surface area contributed by atoms with Crippen LogP contribution in [-0.2, 0) is 16.8 Å². The van der Waals surface area contributed by atoms with Crippen LogP contribution < -0.4 is 9.64 Å². The quantitative estimate of drug-likeness (QED) is 0.368. The number of hydrogen-bond acceptors (Lipinski definition) is 4. The zero-order valence-electron chi connectivity index (χ0n) is 20.6. The van der Waals surface area contributed by atoms with Crippen molar-refractivity contribution in [1.82, 2.24) is 0 Å². The Balaban J connectivity index is 1.77. The topological polar surface area (TPSA) is 70.0 Å². The molecule has 0 radical (unpaired) electrons. The molecule has 2 N–H and O–H groups in total. The maximum Gasteiger partial charge on any atom is 0.430 e. The highest BCUT2D eigenvalue weighted by Gasteiger charge is 2.71. The fourth-order valence-electron chi connectivity index (χ4n) is 4.64. The lowest BCUT2D eigenvalue weighted by atomic mass is 9.89. The molecule has 1 aliphatic heterocycles. The number of phenols is 1. The summed E-state index contributed by atoms with van der Waals surface area (Å²) in [6.45, 7) is 1.59. The van der Waals surface area contributed by atoms with Gasteiger partial charge in [0, 0.05) is 17.3 Å². The van der Waals surface area contributed by atoms with Gasteiger partial charge in [-0.15, -0.1) is 0 Å². The molecule has 2 unspecified atom stereocenters. The van der Waals surface area contributed by atoms with E-state index in [0.717, 1.165) is 6.07 Å². The van der Waals surface area contributed by atoms with Gasteiger partial charge >= 0.3 is 12.4 Å². The number of fused-ring (bicyclic) bond motifs is 1. The van der Waals surface area contributed by atoms with E-state index >= 15 is 0 Å². The molecular formula is C28H25F6NO4. The number of ether oxygens (including phenoxy) is 1. The summed E-state index contributed by atoms with van der Waals surface area (Å²) in [5.41, 5.74) is -5.67. The highest BCUT2D eigenvalue weighted by atomic mass is 19.4. The fourth-order valence-corrected chi connectivity index (χ4v) is 4.64. The van der Waals surface area contributed by atoms with Crippen LogP contribution in [-0.4, -0.2) is 41.1 Å². The molecule has 3 aromatic carbocycles. The molecule has 4 rings (SSSR count). The monoisotopic (exact) mass is 553 g/mol. The third-order valence-corrected chi connectivity index (χ3v) is 6.79. The number of carbonyl (C=O) groups excluding carboxylic acids is 1. The first-order valence-electron chi connectivity index (χ1n) is 12.0. The number of nitrogens with zero attached hydrogens (tertiary/aromatic N) is 1. The minimum Gasteiger partial charge on any atom is -0.508 e. The predicted molar refractivity (Wildman–Crippen MR) is 131 cm³/mol. The van der Waals surface area contributed by atoms with Crippen molar-refractivity contribution in [3.8, 4) is 11.5 Å². The Morgan fingerprint density at radius 1 is 0.949 bits per heavy atom. The minimum absolute atomic E-state index is 0.0232. The van der Waals surface area contributed by atoms with Crippen molar-refractivity contribution >= 4 is 11.6 Å². The van der Waals surface area contributed by atoms with Gasteiger partial charge in [0.25, 0.3) is 5.60 Å². The number of anilines is 1. The molecule has 39 heavy (non-hydrogen) atoms. The van der Waals surface area contributed by atoms with Crippen LogP contribution in [0.2, 0.25) is 0 Å². The number of benzene rings is 3. The molecule has 0 bridgehead atoms. The fraction of sp³-hybridized carbons (Fsp3) is 0.321. The van der Waals surface area contributed by atoms with E-state index in [1.807, 2.05) is 0 Å². The van der Waals surface area contributed by atoms with Crippen molar-refractivity contribution < 1.29 is 46.1 Å². The molecule has 0 saturated carbocycles. The van der Waals surface area contributed by atoms with E-state index in [0.29, 0.717) is 17.7 Å². The van der Waals surface area contributed by atoms with Crippen molar-refractivity contribution in [2.75, 3.05) is 11.4 Å². The van der Waals surface area contributed by atoms with Gasteiger partial charge in [-0.25, -0.2) is 0 Å². The smallest absolute Gasteiger partial charge is 0.430 e. The normalized spacial score (nSPS) is 17.2. The standard InChI is InChI=1S/C28H25F6NO4/c1-17(18-6-3-2-4-7-18)25(37)35-16-23(39-22-9-5-8-21(36)15-22)12-10-19-14-20(11-13-24(19)35)26(38,27(29,30)31)28(32,33)34/h2-9,11,13-15,17,23,36,38H,10,12,16H2,1H3. The number of rotatable bonds is 5. The van der Waals surface area contributed by atoms with Crippen molar-refractivity contribution in [2.45, 2.75) is 49.7 Å². The lowest BCUT2D eigenvalue weighted by molar-refractivity contribution is -0.376. The number of aromatic hydroxyl groups is 1. The highest BCUT2D eigenvalue weighted by Crippen LogP contribution is 2.51. The Morgan fingerprint density at radius 2 is 1.62 bits per heavy atom. The molecule has 0 aliphatic carbocycles. The number of aliphatic hydroxyl groups is 1. The number of aryl methyl sites for hydroxylation is 1. The zero-order chi connectivity index (χ0) is 28.6. The summed E-state index contributed by atoms with van der Waals surface area (Å²) in [5.74, 6) is -0.930. The molecule has 2 atom stereocenters. The van der Waals surface area contributed by atoms with Gasteiger partial charge in [0.05, 0.1) is 12.5 Å². The van der Waals surface area contributed by atoms with Crippen LogP contribution in [0.5, 0.6) is 11.5 Å². The molecule has 5 nitrogen and oxygen atoms in total. The lowest BCUT2D eigenvalue weighted by Gasteiger charge is -2.34. The van der Waals surface area contributed by atoms with Gasteiger partial charge in [-0.1, -0.05) is 48.5 Å². The van der Waals surface area contributed by atoms with Crippen LogP contribution in [0.1, 0.15) is 36.0 Å². The van der Waals surface area contributed by atoms with E-state index in [2.05, 4.69) is 0 Å². The second kappa shape index (κ2) is 10.4. The molecule has 208 valence electrons. The summed E-state index contributed by atoms with van der Waals surface area (Å²) in [5, 5.41) is 19.7. The third kappa shape index (κ3) is 5.54. The number of halogens is 6. The highest BCUT2D eigenvalue weighted by molar-refractivity contribution is 5.98. The number of hydrogen-bond donors (Lipinski definition) is 2. The van der Waals surface area contributed by atoms with E-state index in [9.17, 15) is 41.4 Å². The Morgan fingerprint density at radius 3 is 2.23 bits per heavy atom. The van der Waals surface area contributed by atoms with Crippen LogP contribution in [0, 0.1) is 0 Å². The number of phenolic OH excluding ortho intramolecular Hbond substituents is 1. The van der Waals surface area contributed by atoms with Crippen LogP contribution in [0.4, 0.5) is 32.0 Å². The Hall–Kier alpha value is -3.73. The largest absolute Gasteiger partial charge is 0.508 e. The maximum atomic E-state index is 13.7. The molecule has 0 fully saturated rings. The van der Waals surface area contributed by atoms with Crippen molar-refractivity contribution in [2.24, 2.45) is 0 Å². The van der Waals surface area contributed by atoms with E-state index in [4.69, 9.17) is 4.74 Å². The first kappa shape index (κ1) is 28.3. The summed E-state index contributed by atoms with van der Waals surface area (Å²) < 4.78 is 87.3. The van der Waals surface area contributed by atoms with Crippen LogP contribution in [0.3, 0.4) is 0 Å². The third-order valence-electron chi connectivity index (χ3n) is 6.79. The number of carbonyl (C=O) groups is 1. The second-order valence-electron chi connectivity index (χ2n) is 9.41. The molecule has 0 saturated heterocycles. The average molecular weight is 553 g/mol. The van der Waals surface area contributed by atoms with Gasteiger partial charge in [0.15, 0.2) is 0 Å². The summed E-state index contributed by atoms with van der Waals surface area (Å²) in [4.78, 5) is 15.0. The first-order valence-corrected chi connectivity index (χ1v) is 12.0. The van der Waals surface area contributed by atoms with Gasteiger partial charge < -0.3 is 19.8 Å².